The van der Waals surface area contributed by atoms with Gasteiger partial charge in [-0.3, -0.25) is 4.79 Å². The molecule has 0 radical (unpaired) electrons. The lowest BCUT2D eigenvalue weighted by Gasteiger charge is -2.28. The number of ether oxygens (including phenoxy) is 2. The predicted octanol–water partition coefficient (Wildman–Crippen LogP) is 1.31. The summed E-state index contributed by atoms with van der Waals surface area (Å²) in [4.78, 5) is 14.7. The van der Waals surface area contributed by atoms with Gasteiger partial charge in [0.05, 0.1) is 13.0 Å². The highest BCUT2D eigenvalue weighted by atomic mass is 16.5. The summed E-state index contributed by atoms with van der Waals surface area (Å²) < 4.78 is 11.0. The molecule has 0 spiro atoms. The fourth-order valence-corrected chi connectivity index (χ4v) is 3.40. The number of benzene rings is 1. The van der Waals surface area contributed by atoms with Crippen LogP contribution in [0, 0.1) is 11.8 Å². The number of fused-ring (bicyclic) bond motifs is 1. The van der Waals surface area contributed by atoms with Crippen molar-refractivity contribution in [3.8, 4) is 11.5 Å². The monoisotopic (exact) mass is 304 g/mol. The van der Waals surface area contributed by atoms with E-state index in [4.69, 9.17) is 9.47 Å². The number of nitrogens with zero attached hydrogens (tertiary/aromatic N) is 1. The number of likely N-dealkylation sites (tertiary alicyclic amines) is 1. The van der Waals surface area contributed by atoms with Crippen molar-refractivity contribution < 1.29 is 14.3 Å². The van der Waals surface area contributed by atoms with Crippen LogP contribution in [0.25, 0.3) is 0 Å². The average molecular weight is 304 g/mol. The Morgan fingerprint density at radius 3 is 3.14 bits per heavy atom. The highest BCUT2D eigenvalue weighted by molar-refractivity contribution is 5.80. The van der Waals surface area contributed by atoms with Gasteiger partial charge in [-0.2, -0.15) is 0 Å². The van der Waals surface area contributed by atoms with E-state index in [1.165, 1.54) is 0 Å². The number of hydrogen-bond acceptors (Lipinski definition) is 4. The molecule has 0 bridgehead atoms. The molecule has 1 aromatic carbocycles. The Morgan fingerprint density at radius 2 is 2.36 bits per heavy atom. The highest BCUT2D eigenvalue weighted by Gasteiger charge is 2.33. The van der Waals surface area contributed by atoms with E-state index in [0.717, 1.165) is 49.5 Å². The lowest BCUT2D eigenvalue weighted by Crippen LogP contribution is -2.40. The maximum absolute atomic E-state index is 12.7. The van der Waals surface area contributed by atoms with E-state index in [9.17, 15) is 4.79 Å². The first kappa shape index (κ1) is 15.2. The van der Waals surface area contributed by atoms with E-state index in [1.807, 2.05) is 30.1 Å². The highest BCUT2D eigenvalue weighted by Crippen LogP contribution is 2.32. The van der Waals surface area contributed by atoms with Crippen LogP contribution in [0.15, 0.2) is 18.2 Å². The van der Waals surface area contributed by atoms with Crippen LogP contribution in [0.2, 0.25) is 0 Å². The normalized spacial score (nSPS) is 23.8. The SMILES string of the molecule is CNCC1CCN(C(=O)C2COc3ccc(OC)cc3C2)C1. The number of rotatable bonds is 4. The van der Waals surface area contributed by atoms with Crippen molar-refractivity contribution in [3.63, 3.8) is 0 Å². The number of amides is 1. The Hall–Kier alpha value is -1.75. The van der Waals surface area contributed by atoms with Gasteiger partial charge in [0.15, 0.2) is 0 Å². The Morgan fingerprint density at radius 1 is 1.50 bits per heavy atom. The van der Waals surface area contributed by atoms with Crippen molar-refractivity contribution in [2.75, 3.05) is 40.4 Å². The molecule has 2 heterocycles. The van der Waals surface area contributed by atoms with E-state index in [1.54, 1.807) is 7.11 Å². The summed E-state index contributed by atoms with van der Waals surface area (Å²) >= 11 is 0. The third-order valence-corrected chi connectivity index (χ3v) is 4.61. The summed E-state index contributed by atoms with van der Waals surface area (Å²) in [6, 6.07) is 5.79. The van der Waals surface area contributed by atoms with Gasteiger partial charge in [0.2, 0.25) is 5.91 Å². The zero-order valence-corrected chi connectivity index (χ0v) is 13.3. The Bertz CT molecular complexity index is 547. The third-order valence-electron chi connectivity index (χ3n) is 4.61. The minimum Gasteiger partial charge on any atom is -0.497 e. The fourth-order valence-electron chi connectivity index (χ4n) is 3.40. The molecule has 2 aliphatic rings. The Kier molecular flexibility index (Phi) is 4.52. The molecule has 2 aliphatic heterocycles. The minimum atomic E-state index is -0.0760. The van der Waals surface area contributed by atoms with Crippen LogP contribution in [0.1, 0.15) is 12.0 Å². The molecule has 3 rings (SSSR count). The zero-order valence-electron chi connectivity index (χ0n) is 13.3. The van der Waals surface area contributed by atoms with Gasteiger partial charge in [-0.1, -0.05) is 0 Å². The largest absolute Gasteiger partial charge is 0.497 e. The van der Waals surface area contributed by atoms with Gasteiger partial charge in [0, 0.05) is 13.1 Å². The summed E-state index contributed by atoms with van der Waals surface area (Å²) in [7, 11) is 3.62. The molecule has 22 heavy (non-hydrogen) atoms. The lowest BCUT2D eigenvalue weighted by atomic mass is 9.95. The molecule has 1 aromatic rings. The van der Waals surface area contributed by atoms with Crippen LogP contribution in [0.3, 0.4) is 0 Å². The minimum absolute atomic E-state index is 0.0760. The van der Waals surface area contributed by atoms with Crippen molar-refractivity contribution in [2.24, 2.45) is 11.8 Å². The van der Waals surface area contributed by atoms with Gasteiger partial charge >= 0.3 is 0 Å². The van der Waals surface area contributed by atoms with E-state index < -0.39 is 0 Å². The molecule has 0 saturated carbocycles. The van der Waals surface area contributed by atoms with Crippen molar-refractivity contribution in [2.45, 2.75) is 12.8 Å². The summed E-state index contributed by atoms with van der Waals surface area (Å²) in [5, 5.41) is 3.20. The molecule has 0 aromatic heterocycles. The lowest BCUT2D eigenvalue weighted by molar-refractivity contribution is -0.135. The predicted molar refractivity (Wildman–Crippen MR) is 84.3 cm³/mol. The zero-order chi connectivity index (χ0) is 15.5. The van der Waals surface area contributed by atoms with Crippen LogP contribution in [-0.4, -0.2) is 51.2 Å². The van der Waals surface area contributed by atoms with Gasteiger partial charge in [0.25, 0.3) is 0 Å². The van der Waals surface area contributed by atoms with Crippen molar-refractivity contribution in [1.82, 2.24) is 10.2 Å². The number of hydrogen-bond donors (Lipinski definition) is 1. The molecule has 1 N–H and O–H groups in total. The molecule has 1 saturated heterocycles. The summed E-state index contributed by atoms with van der Waals surface area (Å²) in [6.45, 7) is 3.18. The summed E-state index contributed by atoms with van der Waals surface area (Å²) in [5.74, 6) is 2.41. The van der Waals surface area contributed by atoms with E-state index in [2.05, 4.69) is 5.32 Å². The van der Waals surface area contributed by atoms with Gasteiger partial charge in [-0.15, -0.1) is 0 Å². The van der Waals surface area contributed by atoms with Gasteiger partial charge in [-0.25, -0.2) is 0 Å². The first-order valence-corrected chi connectivity index (χ1v) is 7.94. The molecule has 2 unspecified atom stereocenters. The van der Waals surface area contributed by atoms with Crippen molar-refractivity contribution in [1.29, 1.82) is 0 Å². The van der Waals surface area contributed by atoms with Crippen LogP contribution >= 0.6 is 0 Å². The van der Waals surface area contributed by atoms with Crippen LogP contribution in [0.4, 0.5) is 0 Å². The van der Waals surface area contributed by atoms with Gasteiger partial charge in [-0.05, 0) is 56.1 Å². The first-order chi connectivity index (χ1) is 10.7. The molecule has 120 valence electrons. The number of nitrogens with one attached hydrogen (secondary N) is 1. The molecule has 2 atom stereocenters. The first-order valence-electron chi connectivity index (χ1n) is 7.94. The second-order valence-corrected chi connectivity index (χ2v) is 6.18. The van der Waals surface area contributed by atoms with Gasteiger partial charge in [0.1, 0.15) is 18.1 Å². The molecule has 1 amide bonds. The summed E-state index contributed by atoms with van der Waals surface area (Å²) in [5.41, 5.74) is 1.06. The second kappa shape index (κ2) is 6.57. The second-order valence-electron chi connectivity index (χ2n) is 6.18. The van der Waals surface area contributed by atoms with Crippen LogP contribution < -0.4 is 14.8 Å². The maximum Gasteiger partial charge on any atom is 0.229 e. The standard InChI is InChI=1S/C17H24N2O3/c1-18-9-12-5-6-19(10-12)17(20)14-7-13-8-15(21-2)3-4-16(13)22-11-14/h3-4,8,12,14,18H,5-7,9-11H2,1-2H3. The molecular formula is C17H24N2O3. The molecule has 1 fully saturated rings. The Balaban J connectivity index is 1.65. The average Bonchev–Trinajstić information content (AvgIpc) is 3.02. The van der Waals surface area contributed by atoms with E-state index >= 15 is 0 Å². The van der Waals surface area contributed by atoms with Crippen LogP contribution in [0.5, 0.6) is 11.5 Å². The smallest absolute Gasteiger partial charge is 0.229 e. The molecule has 5 heteroatoms. The molecule has 5 nitrogen and oxygen atoms in total. The Labute approximate surface area is 131 Å². The number of carbonyl (C=O) groups is 1. The van der Waals surface area contributed by atoms with E-state index in [-0.39, 0.29) is 11.8 Å². The quantitative estimate of drug-likeness (QED) is 0.911. The maximum atomic E-state index is 12.7. The number of methoxy groups -OCH3 is 1. The summed E-state index contributed by atoms with van der Waals surface area (Å²) in [6.07, 6.45) is 1.82. The van der Waals surface area contributed by atoms with E-state index in [0.29, 0.717) is 12.5 Å². The molecule has 0 aliphatic carbocycles. The third kappa shape index (κ3) is 3.04. The van der Waals surface area contributed by atoms with Gasteiger partial charge < -0.3 is 19.7 Å². The fraction of sp³-hybridized carbons (Fsp3) is 0.588. The number of carbonyl (C=O) groups excluding carboxylic acids is 1. The van der Waals surface area contributed by atoms with Crippen molar-refractivity contribution in [3.05, 3.63) is 23.8 Å². The van der Waals surface area contributed by atoms with Crippen molar-refractivity contribution >= 4 is 5.91 Å². The van der Waals surface area contributed by atoms with Crippen LogP contribution in [-0.2, 0) is 11.2 Å². The topological polar surface area (TPSA) is 50.8 Å². The molecular weight excluding hydrogens is 280 g/mol.